The molecule has 0 spiro atoms. The van der Waals surface area contributed by atoms with E-state index in [1.807, 2.05) is 37.3 Å². The first-order chi connectivity index (χ1) is 19.6. The monoisotopic (exact) mass is 581 g/mol. The summed E-state index contributed by atoms with van der Waals surface area (Å²) in [7, 11) is 0. The summed E-state index contributed by atoms with van der Waals surface area (Å²) in [6, 6.07) is 33.6. The van der Waals surface area contributed by atoms with Gasteiger partial charge >= 0.3 is 0 Å². The Hall–Kier alpha value is -4.54. The number of benzene rings is 5. The van der Waals surface area contributed by atoms with E-state index < -0.39 is 0 Å². The second-order valence-electron chi connectivity index (χ2n) is 9.64. The summed E-state index contributed by atoms with van der Waals surface area (Å²) in [6.07, 6.45) is 6.19. The van der Waals surface area contributed by atoms with E-state index in [-0.39, 0.29) is 0 Å². The molecule has 6 rings (SSSR count). The summed E-state index contributed by atoms with van der Waals surface area (Å²) in [5.74, 6) is 0.884. The molecule has 4 heteroatoms. The third-order valence-corrected chi connectivity index (χ3v) is 8.18. The Morgan fingerprint density at radius 2 is 1.57 bits per heavy atom. The number of fused-ring (bicyclic) bond motifs is 2. The van der Waals surface area contributed by atoms with Gasteiger partial charge in [-0.25, -0.2) is 4.99 Å². The number of allylic oxidation sites excluding steroid dienone is 1. The Labute approximate surface area is 243 Å². The Bertz CT molecular complexity index is 1850. The van der Waals surface area contributed by atoms with Crippen LogP contribution < -0.4 is 4.90 Å². The van der Waals surface area contributed by atoms with E-state index in [2.05, 4.69) is 124 Å². The number of aliphatic imine (C=N–C) groups is 2. The number of para-hydroxylation sites is 3. The fourth-order valence-corrected chi connectivity index (χ4v) is 6.24. The van der Waals surface area contributed by atoms with Crippen LogP contribution in [0.1, 0.15) is 29.2 Å². The molecule has 194 valence electrons. The molecule has 0 aromatic heterocycles. The molecule has 5 aromatic carbocycles. The number of amidine groups is 1. The predicted octanol–water partition coefficient (Wildman–Crippen LogP) is 10.4. The van der Waals surface area contributed by atoms with E-state index in [9.17, 15) is 0 Å². The van der Waals surface area contributed by atoms with Gasteiger partial charge in [0.1, 0.15) is 5.84 Å². The summed E-state index contributed by atoms with van der Waals surface area (Å²) in [5.41, 5.74) is 9.50. The minimum atomic E-state index is 0.692. The number of hydrogen-bond donors (Lipinski definition) is 0. The van der Waals surface area contributed by atoms with Crippen LogP contribution in [0.4, 0.5) is 17.1 Å². The van der Waals surface area contributed by atoms with Crippen LogP contribution >= 0.6 is 15.9 Å². The van der Waals surface area contributed by atoms with Crippen molar-refractivity contribution in [3.05, 3.63) is 136 Å². The maximum Gasteiger partial charge on any atom is 0.141 e. The van der Waals surface area contributed by atoms with Gasteiger partial charge in [0.05, 0.1) is 23.6 Å². The van der Waals surface area contributed by atoms with Crippen LogP contribution in [-0.2, 0) is 6.54 Å². The van der Waals surface area contributed by atoms with Crippen LogP contribution in [0.3, 0.4) is 0 Å². The average Bonchev–Trinajstić information content (AvgIpc) is 3.01. The zero-order chi connectivity index (χ0) is 27.6. The first kappa shape index (κ1) is 25.7. The maximum absolute atomic E-state index is 5.20. The SMILES string of the molecule is C=Cc1c(/C=C\C)c(-c2cccc(C3=Nc4ccccc4CN3c3ccccc3N=C)c2)c2ccccc2c1Br. The largest absolute Gasteiger partial charge is 0.319 e. The van der Waals surface area contributed by atoms with Crippen LogP contribution in [0.25, 0.3) is 34.1 Å². The molecule has 0 saturated carbocycles. The van der Waals surface area contributed by atoms with Gasteiger partial charge in [-0.1, -0.05) is 97.6 Å². The number of rotatable bonds is 6. The molecule has 1 heterocycles. The van der Waals surface area contributed by atoms with Crippen molar-refractivity contribution in [1.29, 1.82) is 0 Å². The minimum Gasteiger partial charge on any atom is -0.319 e. The lowest BCUT2D eigenvalue weighted by atomic mass is 9.88. The number of halogens is 1. The highest BCUT2D eigenvalue weighted by Gasteiger charge is 2.25. The molecule has 0 amide bonds. The van der Waals surface area contributed by atoms with E-state index in [1.165, 1.54) is 16.5 Å². The van der Waals surface area contributed by atoms with Crippen molar-refractivity contribution < 1.29 is 0 Å². The van der Waals surface area contributed by atoms with E-state index in [0.29, 0.717) is 6.54 Å². The molecule has 0 atom stereocenters. The predicted molar refractivity (Wildman–Crippen MR) is 176 cm³/mol. The van der Waals surface area contributed by atoms with Gasteiger partial charge in [0, 0.05) is 10.0 Å². The zero-order valence-electron chi connectivity index (χ0n) is 22.3. The highest BCUT2D eigenvalue weighted by atomic mass is 79.9. The topological polar surface area (TPSA) is 28.0 Å². The van der Waals surface area contributed by atoms with Crippen molar-refractivity contribution in [2.24, 2.45) is 9.98 Å². The Morgan fingerprint density at radius 1 is 0.850 bits per heavy atom. The zero-order valence-corrected chi connectivity index (χ0v) is 23.9. The fraction of sp³-hybridized carbons (Fsp3) is 0.0556. The van der Waals surface area contributed by atoms with E-state index in [4.69, 9.17) is 4.99 Å². The van der Waals surface area contributed by atoms with E-state index >= 15 is 0 Å². The Morgan fingerprint density at radius 3 is 2.38 bits per heavy atom. The van der Waals surface area contributed by atoms with Gasteiger partial charge in [0.15, 0.2) is 0 Å². The second-order valence-corrected chi connectivity index (χ2v) is 10.4. The van der Waals surface area contributed by atoms with Crippen LogP contribution in [-0.4, -0.2) is 12.6 Å². The molecule has 0 fully saturated rings. The third-order valence-electron chi connectivity index (χ3n) is 7.32. The molecule has 40 heavy (non-hydrogen) atoms. The second kappa shape index (κ2) is 10.9. The lowest BCUT2D eigenvalue weighted by molar-refractivity contribution is 0.977. The minimum absolute atomic E-state index is 0.692. The molecule has 0 saturated heterocycles. The molecular weight excluding hydrogens is 554 g/mol. The first-order valence-electron chi connectivity index (χ1n) is 13.2. The highest BCUT2D eigenvalue weighted by molar-refractivity contribution is 9.10. The molecule has 3 nitrogen and oxygen atoms in total. The molecule has 0 radical (unpaired) electrons. The lowest BCUT2D eigenvalue weighted by Gasteiger charge is -2.32. The smallest absolute Gasteiger partial charge is 0.141 e. The van der Waals surface area contributed by atoms with Gasteiger partial charge in [0.2, 0.25) is 0 Å². The molecular formula is C36H28BrN3. The molecule has 0 bridgehead atoms. The van der Waals surface area contributed by atoms with Gasteiger partial charge in [-0.3, -0.25) is 4.99 Å². The van der Waals surface area contributed by atoms with Crippen molar-refractivity contribution in [2.45, 2.75) is 13.5 Å². The van der Waals surface area contributed by atoms with Crippen molar-refractivity contribution >= 4 is 68.5 Å². The van der Waals surface area contributed by atoms with Gasteiger partial charge in [-0.2, -0.15) is 0 Å². The first-order valence-corrected chi connectivity index (χ1v) is 14.0. The number of anilines is 1. The summed E-state index contributed by atoms with van der Waals surface area (Å²) >= 11 is 3.86. The van der Waals surface area contributed by atoms with Crippen molar-refractivity contribution in [3.63, 3.8) is 0 Å². The van der Waals surface area contributed by atoms with Crippen molar-refractivity contribution in [1.82, 2.24) is 0 Å². The summed E-state index contributed by atoms with van der Waals surface area (Å²) in [4.78, 5) is 11.8. The van der Waals surface area contributed by atoms with Gasteiger partial charge in [-0.15, -0.1) is 0 Å². The Kier molecular flexibility index (Phi) is 7.02. The molecule has 0 N–H and O–H groups in total. The van der Waals surface area contributed by atoms with Crippen molar-refractivity contribution in [2.75, 3.05) is 4.90 Å². The van der Waals surface area contributed by atoms with E-state index in [1.54, 1.807) is 0 Å². The summed E-state index contributed by atoms with van der Waals surface area (Å²) in [6.45, 7) is 10.7. The van der Waals surface area contributed by atoms with Crippen LogP contribution in [0.2, 0.25) is 0 Å². The molecule has 1 aliphatic heterocycles. The summed E-state index contributed by atoms with van der Waals surface area (Å²) in [5, 5.41) is 2.34. The molecule has 5 aromatic rings. The quantitative estimate of drug-likeness (QED) is 0.183. The van der Waals surface area contributed by atoms with Gasteiger partial charge in [0.25, 0.3) is 0 Å². The number of hydrogen-bond acceptors (Lipinski definition) is 3. The van der Waals surface area contributed by atoms with E-state index in [0.717, 1.165) is 55.0 Å². The van der Waals surface area contributed by atoms with Crippen LogP contribution in [0, 0.1) is 0 Å². The van der Waals surface area contributed by atoms with Gasteiger partial charge in [-0.05, 0) is 92.4 Å². The van der Waals surface area contributed by atoms with Gasteiger partial charge < -0.3 is 4.90 Å². The summed E-state index contributed by atoms with van der Waals surface area (Å²) < 4.78 is 1.05. The molecule has 1 aliphatic rings. The third kappa shape index (κ3) is 4.41. The van der Waals surface area contributed by atoms with Crippen molar-refractivity contribution in [3.8, 4) is 11.1 Å². The average molecular weight is 583 g/mol. The highest BCUT2D eigenvalue weighted by Crippen LogP contribution is 2.42. The maximum atomic E-state index is 5.20. The molecule has 0 aliphatic carbocycles. The normalized spacial score (nSPS) is 12.8. The standard InChI is InChI=1S/C36H28BrN3/c1-4-13-28-27(5-2)35(37)30-18-8-7-17-29(30)34(28)24-15-12-16-25(22-24)36-39-31-19-9-6-14-26(31)23-40(36)33-21-11-10-20-32(33)38-3/h4-22H,2-3,23H2,1H3/b13-4-. The fourth-order valence-electron chi connectivity index (χ4n) is 5.52. The van der Waals surface area contributed by atoms with Crippen LogP contribution in [0.5, 0.6) is 0 Å². The lowest BCUT2D eigenvalue weighted by Crippen LogP contribution is -2.33. The Balaban J connectivity index is 1.61. The van der Waals surface area contributed by atoms with Crippen LogP contribution in [0.15, 0.2) is 124 Å². The number of nitrogens with zero attached hydrogens (tertiary/aromatic N) is 3. The molecule has 0 unspecified atom stereocenters.